The van der Waals surface area contributed by atoms with Crippen molar-refractivity contribution in [3.05, 3.63) is 47.2 Å². The Labute approximate surface area is 125 Å². The Hall–Kier alpha value is -2.08. The van der Waals surface area contributed by atoms with Crippen LogP contribution in [0.2, 0.25) is 0 Å². The molecule has 1 aromatic heterocycles. The van der Waals surface area contributed by atoms with Crippen LogP contribution in [0.4, 0.5) is 5.82 Å². The van der Waals surface area contributed by atoms with Crippen molar-refractivity contribution in [1.82, 2.24) is 4.98 Å². The summed E-state index contributed by atoms with van der Waals surface area (Å²) in [5.74, 6) is 0.605. The predicted octanol–water partition coefficient (Wildman–Crippen LogP) is 2.82. The second kappa shape index (κ2) is 5.73. The van der Waals surface area contributed by atoms with Crippen LogP contribution in [-0.4, -0.2) is 20.5 Å². The van der Waals surface area contributed by atoms with Gasteiger partial charge in [0, 0.05) is 6.20 Å². The lowest BCUT2D eigenvalue weighted by atomic mass is 10.1. The monoisotopic (exact) mass is 306 g/mol. The largest absolute Gasteiger partial charge is 0.495 e. The van der Waals surface area contributed by atoms with Crippen LogP contribution in [0, 0.1) is 20.8 Å². The number of nitrogens with one attached hydrogen (secondary N) is 1. The van der Waals surface area contributed by atoms with Gasteiger partial charge >= 0.3 is 0 Å². The van der Waals surface area contributed by atoms with E-state index in [0.717, 1.165) is 16.7 Å². The molecule has 112 valence electrons. The molecule has 0 atom stereocenters. The number of aromatic nitrogens is 1. The number of hydrogen-bond donors (Lipinski definition) is 1. The molecule has 0 unspecified atom stereocenters. The molecule has 0 radical (unpaired) electrons. The van der Waals surface area contributed by atoms with Crippen molar-refractivity contribution in [3.8, 4) is 5.75 Å². The van der Waals surface area contributed by atoms with Gasteiger partial charge in [-0.2, -0.15) is 0 Å². The lowest BCUT2D eigenvalue weighted by Crippen LogP contribution is -2.15. The van der Waals surface area contributed by atoms with Crippen molar-refractivity contribution in [2.45, 2.75) is 25.7 Å². The smallest absolute Gasteiger partial charge is 0.266 e. The minimum atomic E-state index is -3.75. The molecule has 0 bridgehead atoms. The Morgan fingerprint density at radius 3 is 2.38 bits per heavy atom. The van der Waals surface area contributed by atoms with Gasteiger partial charge in [0.05, 0.1) is 7.11 Å². The average Bonchev–Trinajstić information content (AvgIpc) is 2.40. The van der Waals surface area contributed by atoms with Crippen molar-refractivity contribution in [3.63, 3.8) is 0 Å². The Bertz CT molecular complexity index is 770. The Balaban J connectivity index is 2.47. The number of hydrogen-bond acceptors (Lipinski definition) is 4. The summed E-state index contributed by atoms with van der Waals surface area (Å²) in [5, 5.41) is 0. The number of rotatable bonds is 4. The molecule has 1 N–H and O–H groups in total. The summed E-state index contributed by atoms with van der Waals surface area (Å²) in [7, 11) is -2.30. The van der Waals surface area contributed by atoms with Crippen LogP contribution in [0.1, 0.15) is 16.7 Å². The Kier molecular flexibility index (Phi) is 4.18. The highest BCUT2D eigenvalue weighted by atomic mass is 32.2. The van der Waals surface area contributed by atoms with E-state index >= 15 is 0 Å². The van der Waals surface area contributed by atoms with E-state index in [1.54, 1.807) is 30.5 Å². The van der Waals surface area contributed by atoms with Crippen LogP contribution in [0.25, 0.3) is 0 Å². The lowest BCUT2D eigenvalue weighted by Gasteiger charge is -2.13. The molecule has 0 fully saturated rings. The van der Waals surface area contributed by atoms with Crippen LogP contribution in [0.3, 0.4) is 0 Å². The second-order valence-corrected chi connectivity index (χ2v) is 6.56. The van der Waals surface area contributed by atoms with Crippen molar-refractivity contribution >= 4 is 15.8 Å². The van der Waals surface area contributed by atoms with Gasteiger partial charge in [-0.25, -0.2) is 13.4 Å². The molecular weight excluding hydrogens is 288 g/mol. The first kappa shape index (κ1) is 15.3. The van der Waals surface area contributed by atoms with Crippen LogP contribution in [0.15, 0.2) is 35.4 Å². The van der Waals surface area contributed by atoms with Crippen molar-refractivity contribution in [2.75, 3.05) is 11.8 Å². The molecule has 0 aliphatic heterocycles. The number of ether oxygens (including phenoxy) is 1. The van der Waals surface area contributed by atoms with Gasteiger partial charge in [0.1, 0.15) is 16.5 Å². The summed E-state index contributed by atoms with van der Waals surface area (Å²) in [6, 6.07) is 6.79. The van der Waals surface area contributed by atoms with Crippen LogP contribution in [-0.2, 0) is 10.0 Å². The molecule has 0 amide bonds. The molecule has 5 nitrogen and oxygen atoms in total. The molecule has 0 aliphatic carbocycles. The number of nitrogens with zero attached hydrogens (tertiary/aromatic N) is 1. The molecule has 6 heteroatoms. The minimum Gasteiger partial charge on any atom is -0.495 e. The Morgan fingerprint density at radius 2 is 1.76 bits per heavy atom. The van der Waals surface area contributed by atoms with Crippen molar-refractivity contribution in [2.24, 2.45) is 0 Å². The van der Waals surface area contributed by atoms with E-state index < -0.39 is 10.0 Å². The quantitative estimate of drug-likeness (QED) is 0.943. The summed E-state index contributed by atoms with van der Waals surface area (Å²) in [4.78, 5) is 4.12. The SMILES string of the molecule is COc1cc(C)c(C)cc1S(=O)(=O)Nc1cc(C)ccn1. The third-order valence-electron chi connectivity index (χ3n) is 3.22. The third-order valence-corrected chi connectivity index (χ3v) is 4.60. The second-order valence-electron chi connectivity index (χ2n) is 4.91. The van der Waals surface area contributed by atoms with Crippen LogP contribution in [0.5, 0.6) is 5.75 Å². The minimum absolute atomic E-state index is 0.108. The molecule has 0 aliphatic rings. The molecule has 21 heavy (non-hydrogen) atoms. The van der Waals surface area contributed by atoms with E-state index in [4.69, 9.17) is 4.74 Å². The molecule has 1 heterocycles. The summed E-state index contributed by atoms with van der Waals surface area (Å²) in [5.41, 5.74) is 2.78. The maximum absolute atomic E-state index is 12.5. The molecule has 2 aromatic rings. The van der Waals surface area contributed by atoms with E-state index in [1.807, 2.05) is 20.8 Å². The van der Waals surface area contributed by atoms with Gasteiger partial charge in [-0.3, -0.25) is 4.72 Å². The predicted molar refractivity (Wildman–Crippen MR) is 82.3 cm³/mol. The lowest BCUT2D eigenvalue weighted by molar-refractivity contribution is 0.402. The zero-order valence-corrected chi connectivity index (χ0v) is 13.3. The number of aryl methyl sites for hydroxylation is 3. The van der Waals surface area contributed by atoms with Crippen molar-refractivity contribution < 1.29 is 13.2 Å². The zero-order valence-electron chi connectivity index (χ0n) is 12.5. The van der Waals surface area contributed by atoms with Gasteiger partial charge in [0.25, 0.3) is 10.0 Å². The standard InChI is InChI=1S/C15H18N2O3S/c1-10-5-6-16-15(7-10)17-21(18,19)14-9-12(3)11(2)8-13(14)20-4/h5-9H,1-4H3,(H,16,17). The average molecular weight is 306 g/mol. The number of anilines is 1. The van der Waals surface area contributed by atoms with Gasteiger partial charge in [-0.1, -0.05) is 0 Å². The van der Waals surface area contributed by atoms with E-state index in [9.17, 15) is 8.42 Å². The first-order chi connectivity index (χ1) is 9.83. The fourth-order valence-electron chi connectivity index (χ4n) is 1.92. The molecule has 1 aromatic carbocycles. The topological polar surface area (TPSA) is 68.3 Å². The van der Waals surface area contributed by atoms with Crippen LogP contribution < -0.4 is 9.46 Å². The maximum atomic E-state index is 12.5. The van der Waals surface area contributed by atoms with Gasteiger partial charge in [-0.05, 0) is 61.7 Å². The van der Waals surface area contributed by atoms with E-state index in [1.165, 1.54) is 7.11 Å². The van der Waals surface area contributed by atoms with Gasteiger partial charge < -0.3 is 4.74 Å². The van der Waals surface area contributed by atoms with E-state index in [0.29, 0.717) is 5.75 Å². The molecule has 0 spiro atoms. The van der Waals surface area contributed by atoms with E-state index in [-0.39, 0.29) is 10.7 Å². The molecule has 2 rings (SSSR count). The number of sulfonamides is 1. The first-order valence-corrected chi connectivity index (χ1v) is 7.92. The van der Waals surface area contributed by atoms with Crippen LogP contribution >= 0.6 is 0 Å². The highest BCUT2D eigenvalue weighted by Gasteiger charge is 2.21. The zero-order chi connectivity index (χ0) is 15.6. The van der Waals surface area contributed by atoms with Crippen molar-refractivity contribution in [1.29, 1.82) is 0 Å². The summed E-state index contributed by atoms with van der Waals surface area (Å²) >= 11 is 0. The van der Waals surface area contributed by atoms with Gasteiger partial charge in [0.15, 0.2) is 0 Å². The molecular formula is C15H18N2O3S. The summed E-state index contributed by atoms with van der Waals surface area (Å²) in [6.07, 6.45) is 1.56. The van der Waals surface area contributed by atoms with E-state index in [2.05, 4.69) is 9.71 Å². The fraction of sp³-hybridized carbons (Fsp3) is 0.267. The molecule has 0 saturated heterocycles. The first-order valence-electron chi connectivity index (χ1n) is 6.44. The van der Waals surface area contributed by atoms with Gasteiger partial charge in [0.2, 0.25) is 0 Å². The summed E-state index contributed by atoms with van der Waals surface area (Å²) in [6.45, 7) is 5.64. The number of methoxy groups -OCH3 is 1. The summed E-state index contributed by atoms with van der Waals surface area (Å²) < 4.78 is 32.7. The third kappa shape index (κ3) is 3.33. The number of pyridine rings is 1. The van der Waals surface area contributed by atoms with Gasteiger partial charge in [-0.15, -0.1) is 0 Å². The highest BCUT2D eigenvalue weighted by molar-refractivity contribution is 7.92. The number of benzene rings is 1. The highest BCUT2D eigenvalue weighted by Crippen LogP contribution is 2.28. The Morgan fingerprint density at radius 1 is 1.10 bits per heavy atom. The molecule has 0 saturated carbocycles. The normalized spacial score (nSPS) is 11.2. The fourth-order valence-corrected chi connectivity index (χ4v) is 3.15. The maximum Gasteiger partial charge on any atom is 0.266 e.